The maximum Gasteiger partial charge on any atom is 0.137 e. The molecule has 1 N–H and O–H groups in total. The van der Waals surface area contributed by atoms with Crippen LogP contribution in [-0.2, 0) is 5.41 Å². The summed E-state index contributed by atoms with van der Waals surface area (Å²) in [5.41, 5.74) is 0.995. The van der Waals surface area contributed by atoms with Crippen molar-refractivity contribution in [1.29, 1.82) is 0 Å². The van der Waals surface area contributed by atoms with E-state index in [1.165, 1.54) is 0 Å². The van der Waals surface area contributed by atoms with E-state index >= 15 is 0 Å². The summed E-state index contributed by atoms with van der Waals surface area (Å²) in [7, 11) is 0. The highest BCUT2D eigenvalue weighted by molar-refractivity contribution is 9.10. The third-order valence-corrected chi connectivity index (χ3v) is 3.25. The highest BCUT2D eigenvalue weighted by atomic mass is 79.9. The van der Waals surface area contributed by atoms with E-state index in [9.17, 15) is 0 Å². The van der Waals surface area contributed by atoms with Crippen LogP contribution in [-0.4, -0.2) is 9.97 Å². The van der Waals surface area contributed by atoms with E-state index in [0.29, 0.717) is 0 Å². The Balaban J connectivity index is 2.32. The van der Waals surface area contributed by atoms with Crippen molar-refractivity contribution in [2.24, 2.45) is 0 Å². The standard InChI is InChI=1S/C12H14BrN3S/c1-12(2,3)11-15-9(13)6-10(16-11)14-8-4-5-17-7-8/h4-7H,1-3H3,(H,14,15,16). The Morgan fingerprint density at radius 2 is 2.06 bits per heavy atom. The molecule has 0 aromatic carbocycles. The van der Waals surface area contributed by atoms with Gasteiger partial charge in [0, 0.05) is 16.9 Å². The van der Waals surface area contributed by atoms with Gasteiger partial charge in [-0.3, -0.25) is 0 Å². The van der Waals surface area contributed by atoms with E-state index in [2.05, 4.69) is 52.0 Å². The van der Waals surface area contributed by atoms with Gasteiger partial charge in [0.15, 0.2) is 0 Å². The zero-order valence-electron chi connectivity index (χ0n) is 9.99. The number of aromatic nitrogens is 2. The Labute approximate surface area is 113 Å². The van der Waals surface area contributed by atoms with Crippen molar-refractivity contribution >= 4 is 38.8 Å². The van der Waals surface area contributed by atoms with Gasteiger partial charge in [0.2, 0.25) is 0 Å². The molecule has 0 aliphatic heterocycles. The lowest BCUT2D eigenvalue weighted by Crippen LogP contribution is -2.16. The van der Waals surface area contributed by atoms with E-state index in [1.807, 2.05) is 22.9 Å². The summed E-state index contributed by atoms with van der Waals surface area (Å²) in [6.07, 6.45) is 0. The van der Waals surface area contributed by atoms with Gasteiger partial charge < -0.3 is 5.32 Å². The van der Waals surface area contributed by atoms with Crippen molar-refractivity contribution in [3.05, 3.63) is 33.3 Å². The third-order valence-electron chi connectivity index (χ3n) is 2.16. The molecule has 0 saturated carbocycles. The molecule has 0 fully saturated rings. The van der Waals surface area contributed by atoms with Gasteiger partial charge in [-0.25, -0.2) is 9.97 Å². The number of nitrogens with zero attached hydrogens (tertiary/aromatic N) is 2. The van der Waals surface area contributed by atoms with Crippen LogP contribution in [0.1, 0.15) is 26.6 Å². The number of anilines is 2. The predicted molar refractivity (Wildman–Crippen MR) is 76.0 cm³/mol. The van der Waals surface area contributed by atoms with Crippen molar-refractivity contribution in [3.63, 3.8) is 0 Å². The summed E-state index contributed by atoms with van der Waals surface area (Å²) < 4.78 is 0.801. The summed E-state index contributed by atoms with van der Waals surface area (Å²) in [6.45, 7) is 6.30. The van der Waals surface area contributed by atoms with Gasteiger partial charge in [-0.15, -0.1) is 0 Å². The molecule has 2 aromatic rings. The first-order chi connectivity index (χ1) is 7.95. The largest absolute Gasteiger partial charge is 0.339 e. The first-order valence-corrected chi connectivity index (χ1v) is 7.03. The second kappa shape index (κ2) is 4.74. The molecule has 0 amide bonds. The maximum atomic E-state index is 4.53. The highest BCUT2D eigenvalue weighted by Crippen LogP contribution is 2.24. The van der Waals surface area contributed by atoms with Crippen molar-refractivity contribution < 1.29 is 0 Å². The molecule has 17 heavy (non-hydrogen) atoms. The van der Waals surface area contributed by atoms with Gasteiger partial charge in [-0.05, 0) is 27.4 Å². The minimum atomic E-state index is -0.0607. The van der Waals surface area contributed by atoms with Gasteiger partial charge in [0.05, 0.1) is 5.69 Å². The molecule has 90 valence electrons. The summed E-state index contributed by atoms with van der Waals surface area (Å²) in [4.78, 5) is 8.93. The second-order valence-corrected chi connectivity index (χ2v) is 6.38. The number of hydrogen-bond acceptors (Lipinski definition) is 4. The Kier molecular flexibility index (Phi) is 3.49. The number of rotatable bonds is 2. The molecule has 0 saturated heterocycles. The fraction of sp³-hybridized carbons (Fsp3) is 0.333. The minimum Gasteiger partial charge on any atom is -0.339 e. The number of nitrogens with one attached hydrogen (secondary N) is 1. The Hall–Kier alpha value is -0.940. The van der Waals surface area contributed by atoms with Crippen LogP contribution in [0.25, 0.3) is 0 Å². The molecule has 0 aliphatic rings. The molecule has 2 heterocycles. The molecule has 0 aliphatic carbocycles. The Morgan fingerprint density at radius 1 is 1.29 bits per heavy atom. The van der Waals surface area contributed by atoms with Gasteiger partial charge in [-0.1, -0.05) is 20.8 Å². The van der Waals surface area contributed by atoms with Crippen LogP contribution in [0.5, 0.6) is 0 Å². The van der Waals surface area contributed by atoms with E-state index < -0.39 is 0 Å². The molecule has 2 rings (SSSR count). The topological polar surface area (TPSA) is 37.8 Å². The monoisotopic (exact) mass is 311 g/mol. The summed E-state index contributed by atoms with van der Waals surface area (Å²) in [5.74, 6) is 1.64. The average Bonchev–Trinajstić information content (AvgIpc) is 2.68. The van der Waals surface area contributed by atoms with Crippen LogP contribution in [0.3, 0.4) is 0 Å². The van der Waals surface area contributed by atoms with E-state index in [1.54, 1.807) is 11.3 Å². The zero-order valence-corrected chi connectivity index (χ0v) is 12.4. The quantitative estimate of drug-likeness (QED) is 0.838. The van der Waals surface area contributed by atoms with E-state index in [-0.39, 0.29) is 5.41 Å². The van der Waals surface area contributed by atoms with Gasteiger partial charge in [-0.2, -0.15) is 11.3 Å². The first kappa shape index (κ1) is 12.5. The molecule has 2 aromatic heterocycles. The Morgan fingerprint density at radius 3 is 2.65 bits per heavy atom. The molecule has 0 radical (unpaired) electrons. The maximum absolute atomic E-state index is 4.53. The van der Waals surface area contributed by atoms with Crippen molar-refractivity contribution in [2.75, 3.05) is 5.32 Å². The summed E-state index contributed by atoms with van der Waals surface area (Å²) >= 11 is 5.08. The average molecular weight is 312 g/mol. The fourth-order valence-electron chi connectivity index (χ4n) is 1.30. The van der Waals surface area contributed by atoms with Gasteiger partial charge >= 0.3 is 0 Å². The molecule has 5 heteroatoms. The summed E-state index contributed by atoms with van der Waals surface area (Å²) in [5, 5.41) is 7.35. The normalized spacial score (nSPS) is 11.5. The smallest absolute Gasteiger partial charge is 0.137 e. The Bertz CT molecular complexity index is 503. The second-order valence-electron chi connectivity index (χ2n) is 4.79. The van der Waals surface area contributed by atoms with Gasteiger partial charge in [0.1, 0.15) is 16.2 Å². The molecule has 0 unspecified atom stereocenters. The van der Waals surface area contributed by atoms with Crippen LogP contribution in [0.4, 0.5) is 11.5 Å². The molecular weight excluding hydrogens is 298 g/mol. The number of halogens is 1. The van der Waals surface area contributed by atoms with Crippen LogP contribution in [0.2, 0.25) is 0 Å². The van der Waals surface area contributed by atoms with Crippen molar-refractivity contribution in [2.45, 2.75) is 26.2 Å². The lowest BCUT2D eigenvalue weighted by Gasteiger charge is -2.17. The molecule has 0 atom stereocenters. The molecular formula is C12H14BrN3S. The predicted octanol–water partition coefficient (Wildman–Crippen LogP) is 4.34. The van der Waals surface area contributed by atoms with Crippen LogP contribution >= 0.6 is 27.3 Å². The van der Waals surface area contributed by atoms with Crippen LogP contribution in [0, 0.1) is 0 Å². The van der Waals surface area contributed by atoms with Crippen LogP contribution in [0.15, 0.2) is 27.5 Å². The first-order valence-electron chi connectivity index (χ1n) is 5.29. The van der Waals surface area contributed by atoms with Crippen molar-refractivity contribution in [3.8, 4) is 0 Å². The fourth-order valence-corrected chi connectivity index (χ4v) is 2.27. The molecule has 0 bridgehead atoms. The third kappa shape index (κ3) is 3.26. The summed E-state index contributed by atoms with van der Waals surface area (Å²) in [6, 6.07) is 3.91. The molecule has 3 nitrogen and oxygen atoms in total. The van der Waals surface area contributed by atoms with E-state index in [4.69, 9.17) is 0 Å². The lowest BCUT2D eigenvalue weighted by atomic mass is 9.96. The van der Waals surface area contributed by atoms with Crippen molar-refractivity contribution in [1.82, 2.24) is 9.97 Å². The lowest BCUT2D eigenvalue weighted by molar-refractivity contribution is 0.544. The highest BCUT2D eigenvalue weighted by Gasteiger charge is 2.18. The number of thiophene rings is 1. The zero-order chi connectivity index (χ0) is 12.5. The van der Waals surface area contributed by atoms with Gasteiger partial charge in [0.25, 0.3) is 0 Å². The SMILES string of the molecule is CC(C)(C)c1nc(Br)cc(Nc2ccsc2)n1. The number of hydrogen-bond donors (Lipinski definition) is 1. The minimum absolute atomic E-state index is 0.0607. The van der Waals surface area contributed by atoms with Crippen LogP contribution < -0.4 is 5.32 Å². The van der Waals surface area contributed by atoms with E-state index in [0.717, 1.165) is 21.9 Å². The molecule has 0 spiro atoms.